The Kier molecular flexibility index (Phi) is 5.56. The van der Waals surface area contributed by atoms with E-state index in [0.29, 0.717) is 13.2 Å². The Morgan fingerprint density at radius 3 is 3.14 bits per heavy atom. The first kappa shape index (κ1) is 11.5. The van der Waals surface area contributed by atoms with Gasteiger partial charge in [0.15, 0.2) is 0 Å². The van der Waals surface area contributed by atoms with E-state index in [1.165, 1.54) is 0 Å². The number of carbonyl (C=O) groups is 1. The van der Waals surface area contributed by atoms with Gasteiger partial charge in [-0.25, -0.2) is 0 Å². The fraction of sp³-hybridized carbons (Fsp3) is 0.900. The largest absolute Gasteiger partial charge is 0.382 e. The van der Waals surface area contributed by atoms with Crippen molar-refractivity contribution >= 4 is 5.91 Å². The molecule has 1 saturated heterocycles. The van der Waals surface area contributed by atoms with Gasteiger partial charge in [-0.05, 0) is 26.2 Å². The van der Waals surface area contributed by atoms with Gasteiger partial charge in [0.25, 0.3) is 0 Å². The van der Waals surface area contributed by atoms with Crippen LogP contribution in [-0.4, -0.2) is 38.4 Å². The summed E-state index contributed by atoms with van der Waals surface area (Å²) in [5.41, 5.74) is 0. The molecule has 0 bridgehead atoms. The van der Waals surface area contributed by atoms with Crippen LogP contribution in [-0.2, 0) is 14.3 Å². The zero-order chi connectivity index (χ0) is 10.2. The van der Waals surface area contributed by atoms with Crippen molar-refractivity contribution in [3.8, 4) is 0 Å². The lowest BCUT2D eigenvalue weighted by Gasteiger charge is -2.09. The molecule has 1 aliphatic rings. The zero-order valence-electron chi connectivity index (χ0n) is 8.75. The molecule has 1 amide bonds. The molecule has 1 aliphatic heterocycles. The molecule has 1 fully saturated rings. The molecule has 1 rings (SSSR count). The Bertz CT molecular complexity index is 167. The van der Waals surface area contributed by atoms with Crippen molar-refractivity contribution in [2.75, 3.05) is 26.4 Å². The number of carbonyl (C=O) groups excluding carboxylic acids is 1. The van der Waals surface area contributed by atoms with Gasteiger partial charge in [-0.15, -0.1) is 0 Å². The number of ether oxygens (including phenoxy) is 2. The van der Waals surface area contributed by atoms with Gasteiger partial charge >= 0.3 is 0 Å². The van der Waals surface area contributed by atoms with Crippen molar-refractivity contribution in [3.63, 3.8) is 0 Å². The number of nitrogens with one attached hydrogen (secondary N) is 1. The van der Waals surface area contributed by atoms with E-state index in [4.69, 9.17) is 9.47 Å². The lowest BCUT2D eigenvalue weighted by Crippen LogP contribution is -2.35. The Labute approximate surface area is 85.0 Å². The standard InChI is InChI=1S/C10H19NO3/c1-2-13-7-4-6-11-10(12)9-5-3-8-14-9/h9H,2-8H2,1H3,(H,11,12). The van der Waals surface area contributed by atoms with E-state index in [-0.39, 0.29) is 12.0 Å². The summed E-state index contributed by atoms with van der Waals surface area (Å²) in [6.45, 7) is 4.81. The maximum atomic E-state index is 11.4. The van der Waals surface area contributed by atoms with E-state index < -0.39 is 0 Å². The molecule has 82 valence electrons. The summed E-state index contributed by atoms with van der Waals surface area (Å²) in [5, 5.41) is 2.84. The van der Waals surface area contributed by atoms with Gasteiger partial charge in [-0.3, -0.25) is 4.79 Å². The monoisotopic (exact) mass is 201 g/mol. The molecular formula is C10H19NO3. The van der Waals surface area contributed by atoms with Crippen molar-refractivity contribution < 1.29 is 14.3 Å². The summed E-state index contributed by atoms with van der Waals surface area (Å²) in [6.07, 6.45) is 2.52. The van der Waals surface area contributed by atoms with Crippen molar-refractivity contribution in [2.45, 2.75) is 32.3 Å². The smallest absolute Gasteiger partial charge is 0.249 e. The summed E-state index contributed by atoms with van der Waals surface area (Å²) < 4.78 is 10.4. The maximum absolute atomic E-state index is 11.4. The highest BCUT2D eigenvalue weighted by atomic mass is 16.5. The van der Waals surface area contributed by atoms with Crippen LogP contribution >= 0.6 is 0 Å². The summed E-state index contributed by atoms with van der Waals surface area (Å²) in [5.74, 6) is 0.0269. The van der Waals surface area contributed by atoms with E-state index in [1.54, 1.807) is 0 Å². The summed E-state index contributed by atoms with van der Waals surface area (Å²) in [4.78, 5) is 11.4. The highest BCUT2D eigenvalue weighted by Gasteiger charge is 2.22. The van der Waals surface area contributed by atoms with Crippen LogP contribution in [0.2, 0.25) is 0 Å². The SMILES string of the molecule is CCOCCCNC(=O)C1CCCO1. The van der Waals surface area contributed by atoms with Crippen LogP contribution in [0.4, 0.5) is 0 Å². The lowest BCUT2D eigenvalue weighted by molar-refractivity contribution is -0.130. The molecule has 4 heteroatoms. The molecule has 0 spiro atoms. The number of hydrogen-bond acceptors (Lipinski definition) is 3. The average Bonchev–Trinajstić information content (AvgIpc) is 2.70. The fourth-order valence-electron chi connectivity index (χ4n) is 1.43. The van der Waals surface area contributed by atoms with Crippen molar-refractivity contribution in [2.24, 2.45) is 0 Å². The third-order valence-electron chi connectivity index (χ3n) is 2.19. The van der Waals surface area contributed by atoms with Crippen LogP contribution in [0.15, 0.2) is 0 Å². The van der Waals surface area contributed by atoms with E-state index in [9.17, 15) is 4.79 Å². The van der Waals surface area contributed by atoms with E-state index in [0.717, 1.165) is 32.5 Å². The van der Waals surface area contributed by atoms with E-state index >= 15 is 0 Å². The first-order valence-corrected chi connectivity index (χ1v) is 5.31. The second kappa shape index (κ2) is 6.79. The molecule has 1 unspecified atom stereocenters. The molecule has 0 aromatic carbocycles. The van der Waals surface area contributed by atoms with Crippen LogP contribution in [0, 0.1) is 0 Å². The molecule has 4 nitrogen and oxygen atoms in total. The van der Waals surface area contributed by atoms with Gasteiger partial charge in [-0.1, -0.05) is 0 Å². The van der Waals surface area contributed by atoms with Gasteiger partial charge in [0.05, 0.1) is 0 Å². The second-order valence-electron chi connectivity index (χ2n) is 3.34. The third kappa shape index (κ3) is 4.07. The highest BCUT2D eigenvalue weighted by Crippen LogP contribution is 2.11. The van der Waals surface area contributed by atoms with E-state index in [2.05, 4.69) is 5.32 Å². The molecular weight excluding hydrogens is 182 g/mol. The summed E-state index contributed by atoms with van der Waals surface area (Å²) >= 11 is 0. The minimum absolute atomic E-state index is 0.0269. The minimum atomic E-state index is -0.206. The second-order valence-corrected chi connectivity index (χ2v) is 3.34. The molecule has 1 atom stereocenters. The molecule has 0 aromatic rings. The average molecular weight is 201 g/mol. The van der Waals surface area contributed by atoms with Gasteiger partial charge in [0, 0.05) is 26.4 Å². The Balaban J connectivity index is 1.97. The van der Waals surface area contributed by atoms with Gasteiger partial charge < -0.3 is 14.8 Å². The zero-order valence-corrected chi connectivity index (χ0v) is 8.75. The first-order valence-electron chi connectivity index (χ1n) is 5.31. The third-order valence-corrected chi connectivity index (χ3v) is 2.19. The number of hydrogen-bond donors (Lipinski definition) is 1. The van der Waals surface area contributed by atoms with Crippen molar-refractivity contribution in [3.05, 3.63) is 0 Å². The van der Waals surface area contributed by atoms with Gasteiger partial charge in [0.2, 0.25) is 5.91 Å². The maximum Gasteiger partial charge on any atom is 0.249 e. The van der Waals surface area contributed by atoms with Crippen LogP contribution in [0.3, 0.4) is 0 Å². The first-order chi connectivity index (χ1) is 6.84. The molecule has 0 radical (unpaired) electrons. The predicted octanol–water partition coefficient (Wildman–Crippen LogP) is 0.708. The summed E-state index contributed by atoms with van der Waals surface area (Å²) in [7, 11) is 0. The van der Waals surface area contributed by atoms with Crippen LogP contribution in [0.1, 0.15) is 26.2 Å². The number of amides is 1. The minimum Gasteiger partial charge on any atom is -0.382 e. The van der Waals surface area contributed by atoms with Crippen LogP contribution in [0.25, 0.3) is 0 Å². The topological polar surface area (TPSA) is 47.6 Å². The van der Waals surface area contributed by atoms with Crippen molar-refractivity contribution in [1.82, 2.24) is 5.32 Å². The highest BCUT2D eigenvalue weighted by molar-refractivity contribution is 5.80. The normalized spacial score (nSPS) is 21.1. The predicted molar refractivity (Wildman–Crippen MR) is 53.1 cm³/mol. The van der Waals surface area contributed by atoms with E-state index in [1.807, 2.05) is 6.92 Å². The number of rotatable bonds is 6. The van der Waals surface area contributed by atoms with Crippen LogP contribution in [0.5, 0.6) is 0 Å². The Morgan fingerprint density at radius 1 is 1.64 bits per heavy atom. The van der Waals surface area contributed by atoms with Crippen LogP contribution < -0.4 is 5.32 Å². The molecule has 1 N–H and O–H groups in total. The Hall–Kier alpha value is -0.610. The molecule has 0 aliphatic carbocycles. The molecule has 1 heterocycles. The molecule has 0 aromatic heterocycles. The van der Waals surface area contributed by atoms with Crippen molar-refractivity contribution in [1.29, 1.82) is 0 Å². The Morgan fingerprint density at radius 2 is 2.50 bits per heavy atom. The van der Waals surface area contributed by atoms with Gasteiger partial charge in [-0.2, -0.15) is 0 Å². The molecule has 14 heavy (non-hydrogen) atoms. The van der Waals surface area contributed by atoms with Gasteiger partial charge in [0.1, 0.15) is 6.10 Å². The fourth-order valence-corrected chi connectivity index (χ4v) is 1.43. The summed E-state index contributed by atoms with van der Waals surface area (Å²) in [6, 6.07) is 0. The lowest BCUT2D eigenvalue weighted by atomic mass is 10.2. The quantitative estimate of drug-likeness (QED) is 0.644. The molecule has 0 saturated carbocycles.